The van der Waals surface area contributed by atoms with Gasteiger partial charge in [-0.15, -0.1) is 0 Å². The van der Waals surface area contributed by atoms with E-state index >= 15 is 0 Å². The zero-order chi connectivity index (χ0) is 15.5. The van der Waals surface area contributed by atoms with Crippen molar-refractivity contribution < 1.29 is 4.74 Å². The Morgan fingerprint density at radius 1 is 1.23 bits per heavy atom. The lowest BCUT2D eigenvalue weighted by Crippen LogP contribution is -2.29. The van der Waals surface area contributed by atoms with Gasteiger partial charge in [-0.05, 0) is 49.5 Å². The molecule has 1 aliphatic heterocycles. The van der Waals surface area contributed by atoms with Gasteiger partial charge < -0.3 is 4.74 Å². The molecule has 3 heteroatoms. The van der Waals surface area contributed by atoms with Crippen molar-refractivity contribution in [1.82, 2.24) is 9.88 Å². The van der Waals surface area contributed by atoms with Crippen molar-refractivity contribution >= 4 is 10.9 Å². The maximum Gasteiger partial charge on any atom is 0.124 e. The number of hydrogen-bond acceptors (Lipinski definition) is 3. The van der Waals surface area contributed by atoms with Gasteiger partial charge in [0, 0.05) is 23.7 Å². The van der Waals surface area contributed by atoms with Gasteiger partial charge in [0.1, 0.15) is 5.75 Å². The number of aromatic nitrogens is 1. The van der Waals surface area contributed by atoms with Crippen LogP contribution < -0.4 is 4.74 Å². The van der Waals surface area contributed by atoms with Crippen molar-refractivity contribution in [1.29, 1.82) is 0 Å². The van der Waals surface area contributed by atoms with E-state index in [9.17, 15) is 0 Å². The SMILES string of the molecule is COc1cc(CN2CCCCC2)c2cccnc2c1C(C)C. The topological polar surface area (TPSA) is 25.4 Å². The van der Waals surface area contributed by atoms with Crippen molar-refractivity contribution in [2.45, 2.75) is 45.6 Å². The first kappa shape index (κ1) is 15.3. The van der Waals surface area contributed by atoms with Gasteiger partial charge in [0.2, 0.25) is 0 Å². The average Bonchev–Trinajstić information content (AvgIpc) is 2.55. The molecule has 1 fully saturated rings. The van der Waals surface area contributed by atoms with Crippen LogP contribution in [0.1, 0.15) is 50.2 Å². The van der Waals surface area contributed by atoms with Crippen LogP contribution in [-0.2, 0) is 6.54 Å². The fourth-order valence-electron chi connectivity index (χ4n) is 3.53. The van der Waals surface area contributed by atoms with Crippen LogP contribution >= 0.6 is 0 Å². The maximum absolute atomic E-state index is 5.69. The highest BCUT2D eigenvalue weighted by Gasteiger charge is 2.18. The van der Waals surface area contributed by atoms with Crippen LogP contribution in [0.3, 0.4) is 0 Å². The largest absolute Gasteiger partial charge is 0.496 e. The summed E-state index contributed by atoms with van der Waals surface area (Å²) >= 11 is 0. The number of pyridine rings is 1. The van der Waals surface area contributed by atoms with E-state index in [-0.39, 0.29) is 0 Å². The van der Waals surface area contributed by atoms with E-state index < -0.39 is 0 Å². The minimum absolute atomic E-state index is 0.399. The smallest absolute Gasteiger partial charge is 0.124 e. The van der Waals surface area contributed by atoms with Gasteiger partial charge >= 0.3 is 0 Å². The van der Waals surface area contributed by atoms with Gasteiger partial charge in [-0.25, -0.2) is 0 Å². The quantitative estimate of drug-likeness (QED) is 0.839. The molecule has 0 radical (unpaired) electrons. The molecule has 0 bridgehead atoms. The van der Waals surface area contributed by atoms with Gasteiger partial charge in [-0.3, -0.25) is 9.88 Å². The summed E-state index contributed by atoms with van der Waals surface area (Å²) in [5.41, 5.74) is 3.66. The van der Waals surface area contributed by atoms with Crippen molar-refractivity contribution in [2.75, 3.05) is 20.2 Å². The molecule has 0 amide bonds. The zero-order valence-corrected chi connectivity index (χ0v) is 13.9. The summed E-state index contributed by atoms with van der Waals surface area (Å²) < 4.78 is 5.69. The zero-order valence-electron chi connectivity index (χ0n) is 13.9. The molecule has 0 spiro atoms. The first-order valence-electron chi connectivity index (χ1n) is 8.37. The van der Waals surface area contributed by atoms with Gasteiger partial charge in [0.25, 0.3) is 0 Å². The van der Waals surface area contributed by atoms with E-state index in [1.54, 1.807) is 7.11 Å². The van der Waals surface area contributed by atoms with Crippen molar-refractivity contribution in [3.63, 3.8) is 0 Å². The van der Waals surface area contributed by atoms with Crippen LogP contribution in [0, 0.1) is 0 Å². The normalized spacial score (nSPS) is 16.4. The predicted octanol–water partition coefficient (Wildman–Crippen LogP) is 4.35. The van der Waals surface area contributed by atoms with Crippen molar-refractivity contribution in [3.05, 3.63) is 35.5 Å². The number of methoxy groups -OCH3 is 1. The van der Waals surface area contributed by atoms with Crippen LogP contribution in [0.4, 0.5) is 0 Å². The van der Waals surface area contributed by atoms with Crippen LogP contribution in [0.15, 0.2) is 24.4 Å². The van der Waals surface area contributed by atoms with E-state index in [1.165, 1.54) is 48.9 Å². The number of likely N-dealkylation sites (tertiary alicyclic amines) is 1. The molecule has 2 aromatic rings. The van der Waals surface area contributed by atoms with Crippen LogP contribution in [0.5, 0.6) is 5.75 Å². The number of fused-ring (bicyclic) bond motifs is 1. The molecule has 1 aliphatic rings. The molecule has 1 aromatic heterocycles. The fourth-order valence-corrected chi connectivity index (χ4v) is 3.53. The van der Waals surface area contributed by atoms with E-state index in [4.69, 9.17) is 4.74 Å². The molecule has 1 aromatic carbocycles. The molecular formula is C19H26N2O. The maximum atomic E-state index is 5.69. The number of piperidine rings is 1. The number of ether oxygens (including phenoxy) is 1. The summed E-state index contributed by atoms with van der Waals surface area (Å²) in [6.07, 6.45) is 5.89. The Labute approximate surface area is 133 Å². The molecule has 118 valence electrons. The summed E-state index contributed by atoms with van der Waals surface area (Å²) in [7, 11) is 1.76. The lowest BCUT2D eigenvalue weighted by molar-refractivity contribution is 0.221. The molecular weight excluding hydrogens is 272 g/mol. The molecule has 0 saturated carbocycles. The summed E-state index contributed by atoms with van der Waals surface area (Å²) in [4.78, 5) is 7.22. The average molecular weight is 298 g/mol. The molecule has 0 N–H and O–H groups in total. The third-order valence-corrected chi connectivity index (χ3v) is 4.62. The fraction of sp³-hybridized carbons (Fsp3) is 0.526. The third-order valence-electron chi connectivity index (χ3n) is 4.62. The standard InChI is InChI=1S/C19H26N2O/c1-14(2)18-17(22-3)12-15(13-21-10-5-4-6-11-21)16-8-7-9-20-19(16)18/h7-9,12,14H,4-6,10-11,13H2,1-3H3. The van der Waals surface area contributed by atoms with Crippen LogP contribution in [0.2, 0.25) is 0 Å². The highest BCUT2D eigenvalue weighted by atomic mass is 16.5. The molecule has 0 atom stereocenters. The lowest BCUT2D eigenvalue weighted by atomic mass is 9.95. The predicted molar refractivity (Wildman–Crippen MR) is 91.5 cm³/mol. The van der Waals surface area contributed by atoms with E-state index in [1.807, 2.05) is 12.3 Å². The molecule has 0 aliphatic carbocycles. The lowest BCUT2D eigenvalue weighted by Gasteiger charge is -2.27. The number of benzene rings is 1. The van der Waals surface area contributed by atoms with E-state index in [0.29, 0.717) is 5.92 Å². The van der Waals surface area contributed by atoms with Gasteiger partial charge in [-0.2, -0.15) is 0 Å². The van der Waals surface area contributed by atoms with Gasteiger partial charge in [-0.1, -0.05) is 26.3 Å². The van der Waals surface area contributed by atoms with Crippen LogP contribution in [-0.4, -0.2) is 30.1 Å². The Hall–Kier alpha value is -1.61. The highest BCUT2D eigenvalue weighted by Crippen LogP contribution is 2.35. The Morgan fingerprint density at radius 2 is 2.00 bits per heavy atom. The Bertz CT molecular complexity index is 645. The number of nitrogens with zero attached hydrogens (tertiary/aromatic N) is 2. The van der Waals surface area contributed by atoms with Gasteiger partial charge in [0.05, 0.1) is 12.6 Å². The summed E-state index contributed by atoms with van der Waals surface area (Å²) in [6, 6.07) is 6.47. The molecule has 2 heterocycles. The first-order valence-corrected chi connectivity index (χ1v) is 8.37. The first-order chi connectivity index (χ1) is 10.7. The Morgan fingerprint density at radius 3 is 2.68 bits per heavy atom. The molecule has 3 nitrogen and oxygen atoms in total. The summed E-state index contributed by atoms with van der Waals surface area (Å²) in [6.45, 7) is 7.81. The minimum Gasteiger partial charge on any atom is -0.496 e. The minimum atomic E-state index is 0.399. The van der Waals surface area contributed by atoms with Gasteiger partial charge in [0.15, 0.2) is 0 Å². The molecule has 22 heavy (non-hydrogen) atoms. The summed E-state index contributed by atoms with van der Waals surface area (Å²) in [5.74, 6) is 1.38. The Balaban J connectivity index is 2.07. The summed E-state index contributed by atoms with van der Waals surface area (Å²) in [5, 5.41) is 1.28. The molecule has 1 saturated heterocycles. The second-order valence-electron chi connectivity index (χ2n) is 6.54. The van der Waals surface area contributed by atoms with Crippen LogP contribution in [0.25, 0.3) is 10.9 Å². The monoisotopic (exact) mass is 298 g/mol. The second kappa shape index (κ2) is 6.66. The highest BCUT2D eigenvalue weighted by molar-refractivity contribution is 5.87. The Kier molecular flexibility index (Phi) is 4.63. The number of hydrogen-bond donors (Lipinski definition) is 0. The second-order valence-corrected chi connectivity index (χ2v) is 6.54. The van der Waals surface area contributed by atoms with Crippen molar-refractivity contribution in [3.8, 4) is 5.75 Å². The van der Waals surface area contributed by atoms with E-state index in [0.717, 1.165) is 17.8 Å². The number of rotatable bonds is 4. The third kappa shape index (κ3) is 2.95. The van der Waals surface area contributed by atoms with Crippen molar-refractivity contribution in [2.24, 2.45) is 0 Å². The van der Waals surface area contributed by atoms with E-state index in [2.05, 4.69) is 35.9 Å². The molecule has 0 unspecified atom stereocenters. The molecule has 3 rings (SSSR count).